The number of sulfonamides is 1. The van der Waals surface area contributed by atoms with E-state index in [1.807, 2.05) is 31.2 Å². The summed E-state index contributed by atoms with van der Waals surface area (Å²) in [6, 6.07) is 7.73. The molecule has 28 heavy (non-hydrogen) atoms. The number of hydrogen-bond acceptors (Lipinski definition) is 7. The number of amides is 1. The standard InChI is InChI=1S/C18H26N4O4S2/c1-5-26-14-10-8-13(9-11-14)7-6-12-19-28(24,25)17-22-21-16(27-17)20-15(23)18(2,3)4/h8-11,19H,5-7,12H2,1-4H3,(H,20,21,23). The van der Waals surface area contributed by atoms with Crippen molar-refractivity contribution in [2.75, 3.05) is 18.5 Å². The summed E-state index contributed by atoms with van der Waals surface area (Å²) < 4.78 is 32.4. The zero-order valence-electron chi connectivity index (χ0n) is 16.5. The molecule has 0 atom stereocenters. The molecule has 1 aromatic heterocycles. The Hall–Kier alpha value is -2.04. The molecule has 0 unspecified atom stereocenters. The number of benzene rings is 1. The summed E-state index contributed by atoms with van der Waals surface area (Å²) in [5.74, 6) is 0.563. The number of ether oxygens (including phenoxy) is 1. The Morgan fingerprint density at radius 1 is 1.18 bits per heavy atom. The first-order valence-electron chi connectivity index (χ1n) is 8.98. The minimum absolute atomic E-state index is 0.162. The third-order valence-electron chi connectivity index (χ3n) is 3.71. The Labute approximate surface area is 169 Å². The van der Waals surface area contributed by atoms with Gasteiger partial charge in [0, 0.05) is 12.0 Å². The fraction of sp³-hybridized carbons (Fsp3) is 0.500. The Morgan fingerprint density at radius 2 is 1.86 bits per heavy atom. The Bertz CT molecular complexity index is 887. The highest BCUT2D eigenvalue weighted by molar-refractivity contribution is 7.91. The van der Waals surface area contributed by atoms with Gasteiger partial charge in [-0.2, -0.15) is 0 Å². The molecule has 0 spiro atoms. The molecule has 0 fully saturated rings. The summed E-state index contributed by atoms with van der Waals surface area (Å²) in [5, 5.41) is 10.2. The summed E-state index contributed by atoms with van der Waals surface area (Å²) >= 11 is 0.826. The van der Waals surface area contributed by atoms with Crippen LogP contribution in [0.25, 0.3) is 0 Å². The lowest BCUT2D eigenvalue weighted by molar-refractivity contribution is -0.123. The van der Waals surface area contributed by atoms with E-state index < -0.39 is 15.4 Å². The quantitative estimate of drug-likeness (QED) is 0.471. The van der Waals surface area contributed by atoms with Crippen molar-refractivity contribution in [2.45, 2.75) is 44.9 Å². The van der Waals surface area contributed by atoms with Crippen molar-refractivity contribution in [3.8, 4) is 5.75 Å². The maximum Gasteiger partial charge on any atom is 0.269 e. The maximum atomic E-state index is 12.3. The third-order valence-corrected chi connectivity index (χ3v) is 6.37. The number of nitrogens with zero attached hydrogens (tertiary/aromatic N) is 2. The van der Waals surface area contributed by atoms with E-state index in [1.54, 1.807) is 20.8 Å². The van der Waals surface area contributed by atoms with Crippen LogP contribution in [-0.4, -0.2) is 37.7 Å². The molecule has 8 nitrogen and oxygen atoms in total. The van der Waals surface area contributed by atoms with Crippen molar-refractivity contribution in [1.29, 1.82) is 0 Å². The number of hydrogen-bond donors (Lipinski definition) is 2. The van der Waals surface area contributed by atoms with E-state index in [2.05, 4.69) is 20.2 Å². The van der Waals surface area contributed by atoms with Gasteiger partial charge in [0.2, 0.25) is 15.4 Å². The molecule has 1 amide bonds. The van der Waals surface area contributed by atoms with Crippen LogP contribution in [0.2, 0.25) is 0 Å². The first kappa shape index (κ1) is 22.3. The van der Waals surface area contributed by atoms with E-state index in [0.29, 0.717) is 13.0 Å². The van der Waals surface area contributed by atoms with Gasteiger partial charge < -0.3 is 10.1 Å². The van der Waals surface area contributed by atoms with Gasteiger partial charge in [-0.05, 0) is 37.5 Å². The molecule has 0 radical (unpaired) electrons. The Morgan fingerprint density at radius 3 is 2.46 bits per heavy atom. The molecule has 154 valence electrons. The number of anilines is 1. The average molecular weight is 427 g/mol. The number of carbonyl (C=O) groups excluding carboxylic acids is 1. The van der Waals surface area contributed by atoms with E-state index in [-0.39, 0.29) is 21.9 Å². The molecule has 1 heterocycles. The largest absolute Gasteiger partial charge is 0.494 e. The lowest BCUT2D eigenvalue weighted by atomic mass is 9.96. The van der Waals surface area contributed by atoms with E-state index in [4.69, 9.17) is 4.74 Å². The molecule has 2 N–H and O–H groups in total. The number of aryl methyl sites for hydroxylation is 1. The van der Waals surface area contributed by atoms with Crippen LogP contribution in [-0.2, 0) is 21.2 Å². The molecule has 0 aliphatic heterocycles. The fourth-order valence-electron chi connectivity index (χ4n) is 2.13. The number of rotatable bonds is 9. The van der Waals surface area contributed by atoms with Crippen LogP contribution in [0.1, 0.15) is 39.7 Å². The van der Waals surface area contributed by atoms with Crippen molar-refractivity contribution in [2.24, 2.45) is 5.41 Å². The number of nitrogens with one attached hydrogen (secondary N) is 2. The van der Waals surface area contributed by atoms with Crippen LogP contribution in [0.15, 0.2) is 28.6 Å². The molecule has 10 heteroatoms. The first-order valence-corrected chi connectivity index (χ1v) is 11.3. The van der Waals surface area contributed by atoms with Gasteiger partial charge in [-0.1, -0.05) is 44.2 Å². The normalized spacial score (nSPS) is 12.0. The van der Waals surface area contributed by atoms with Crippen LogP contribution in [0.4, 0.5) is 5.13 Å². The fourth-order valence-corrected chi connectivity index (χ4v) is 4.14. The first-order chi connectivity index (χ1) is 13.1. The second-order valence-corrected chi connectivity index (χ2v) is 10.1. The van der Waals surface area contributed by atoms with Crippen molar-refractivity contribution in [3.63, 3.8) is 0 Å². The second kappa shape index (κ2) is 9.44. The predicted octanol–water partition coefficient (Wildman–Crippen LogP) is 2.83. The van der Waals surface area contributed by atoms with Gasteiger partial charge in [-0.3, -0.25) is 4.79 Å². The third kappa shape index (κ3) is 6.54. The molecule has 2 rings (SSSR count). The van der Waals surface area contributed by atoms with Crippen molar-refractivity contribution >= 4 is 32.4 Å². The van der Waals surface area contributed by atoms with Gasteiger partial charge in [0.1, 0.15) is 5.75 Å². The minimum Gasteiger partial charge on any atom is -0.494 e. The van der Waals surface area contributed by atoms with Gasteiger partial charge in [0.25, 0.3) is 10.0 Å². The summed E-state index contributed by atoms with van der Waals surface area (Å²) in [6.07, 6.45) is 1.37. The van der Waals surface area contributed by atoms with E-state index in [9.17, 15) is 13.2 Å². The van der Waals surface area contributed by atoms with E-state index in [1.165, 1.54) is 0 Å². The topological polar surface area (TPSA) is 110 Å². The molecule has 1 aromatic carbocycles. The predicted molar refractivity (Wildman–Crippen MR) is 109 cm³/mol. The van der Waals surface area contributed by atoms with Crippen molar-refractivity contribution in [3.05, 3.63) is 29.8 Å². The summed E-state index contributed by atoms with van der Waals surface area (Å²) in [6.45, 7) is 8.10. The highest BCUT2D eigenvalue weighted by Crippen LogP contribution is 2.23. The van der Waals surface area contributed by atoms with Crippen LogP contribution in [0.3, 0.4) is 0 Å². The molecule has 0 aliphatic carbocycles. The summed E-state index contributed by atoms with van der Waals surface area (Å²) in [5.41, 5.74) is 0.495. The van der Waals surface area contributed by atoms with Gasteiger partial charge in [-0.25, -0.2) is 13.1 Å². The van der Waals surface area contributed by atoms with Crippen molar-refractivity contribution < 1.29 is 17.9 Å². The second-order valence-electron chi connectivity index (χ2n) is 7.16. The molecule has 2 aromatic rings. The van der Waals surface area contributed by atoms with Gasteiger partial charge >= 0.3 is 0 Å². The molecular weight excluding hydrogens is 400 g/mol. The van der Waals surface area contributed by atoms with E-state index in [0.717, 1.165) is 29.1 Å². The average Bonchev–Trinajstić information content (AvgIpc) is 3.09. The highest BCUT2D eigenvalue weighted by atomic mass is 32.2. The zero-order valence-corrected chi connectivity index (χ0v) is 18.1. The van der Waals surface area contributed by atoms with Crippen molar-refractivity contribution in [1.82, 2.24) is 14.9 Å². The molecule has 0 saturated carbocycles. The molecular formula is C18H26N4O4S2. The smallest absolute Gasteiger partial charge is 0.269 e. The lowest BCUT2D eigenvalue weighted by Crippen LogP contribution is -2.27. The Balaban J connectivity index is 1.84. The zero-order chi connectivity index (χ0) is 20.8. The molecule has 0 saturated heterocycles. The lowest BCUT2D eigenvalue weighted by Gasteiger charge is -2.15. The van der Waals surface area contributed by atoms with Gasteiger partial charge in [-0.15, -0.1) is 10.2 Å². The molecule has 0 bridgehead atoms. The highest BCUT2D eigenvalue weighted by Gasteiger charge is 2.24. The number of carbonyl (C=O) groups is 1. The monoisotopic (exact) mass is 426 g/mol. The van der Waals surface area contributed by atoms with Crippen LogP contribution >= 0.6 is 11.3 Å². The van der Waals surface area contributed by atoms with Gasteiger partial charge in [0.15, 0.2) is 0 Å². The maximum absolute atomic E-state index is 12.3. The minimum atomic E-state index is -3.76. The van der Waals surface area contributed by atoms with Crippen LogP contribution in [0, 0.1) is 5.41 Å². The molecule has 0 aliphatic rings. The van der Waals surface area contributed by atoms with E-state index >= 15 is 0 Å². The SMILES string of the molecule is CCOc1ccc(CCCNS(=O)(=O)c2nnc(NC(=O)C(C)(C)C)s2)cc1. The van der Waals surface area contributed by atoms with Crippen LogP contribution in [0.5, 0.6) is 5.75 Å². The Kier molecular flexibility index (Phi) is 7.50. The summed E-state index contributed by atoms with van der Waals surface area (Å²) in [7, 11) is -3.76. The van der Waals surface area contributed by atoms with Gasteiger partial charge in [0.05, 0.1) is 6.61 Å². The van der Waals surface area contributed by atoms with Crippen LogP contribution < -0.4 is 14.8 Å². The number of aromatic nitrogens is 2. The summed E-state index contributed by atoms with van der Waals surface area (Å²) in [4.78, 5) is 12.0.